The van der Waals surface area contributed by atoms with E-state index in [0.717, 1.165) is 25.1 Å². The van der Waals surface area contributed by atoms with Gasteiger partial charge in [-0.2, -0.15) is 0 Å². The first-order valence-corrected chi connectivity index (χ1v) is 10.3. The maximum absolute atomic E-state index is 12.6. The van der Waals surface area contributed by atoms with Crippen molar-refractivity contribution in [2.45, 2.75) is 52.1 Å². The number of benzene rings is 1. The highest BCUT2D eigenvalue weighted by molar-refractivity contribution is 5.94. The number of amides is 2. The van der Waals surface area contributed by atoms with E-state index in [9.17, 15) is 22.8 Å². The predicted octanol–water partition coefficient (Wildman–Crippen LogP) is 2.83. The molecule has 174 valence electrons. The van der Waals surface area contributed by atoms with Crippen molar-refractivity contribution in [2.75, 3.05) is 38.0 Å². The van der Waals surface area contributed by atoms with Crippen LogP contribution in [0.1, 0.15) is 34.1 Å². The van der Waals surface area contributed by atoms with Gasteiger partial charge in [-0.1, -0.05) is 0 Å². The van der Waals surface area contributed by atoms with Crippen LogP contribution in [0.3, 0.4) is 0 Å². The molecule has 0 aliphatic carbocycles. The van der Waals surface area contributed by atoms with E-state index in [-0.39, 0.29) is 23.1 Å². The molecule has 1 atom stereocenters. The molecular weight excluding hydrogens is 413 g/mol. The van der Waals surface area contributed by atoms with Crippen molar-refractivity contribution in [3.63, 3.8) is 0 Å². The van der Waals surface area contributed by atoms with E-state index >= 15 is 0 Å². The highest BCUT2D eigenvalue weighted by Gasteiger charge is 2.31. The maximum Gasteiger partial charge on any atom is 0.573 e. The number of ether oxygens (including phenoxy) is 1. The lowest BCUT2D eigenvalue weighted by atomic mass is 10.1. The lowest BCUT2D eigenvalue weighted by Gasteiger charge is -2.27. The molecular formula is C21H31F3N4O3. The van der Waals surface area contributed by atoms with Gasteiger partial charge in [0.05, 0.1) is 12.6 Å². The second-order valence-corrected chi connectivity index (χ2v) is 8.70. The summed E-state index contributed by atoms with van der Waals surface area (Å²) in [4.78, 5) is 28.9. The van der Waals surface area contributed by atoms with Gasteiger partial charge in [0, 0.05) is 30.9 Å². The molecule has 2 N–H and O–H groups in total. The predicted molar refractivity (Wildman–Crippen MR) is 112 cm³/mol. The monoisotopic (exact) mass is 444 g/mol. The largest absolute Gasteiger partial charge is 0.573 e. The van der Waals surface area contributed by atoms with Crippen LogP contribution in [0.5, 0.6) is 5.75 Å². The zero-order valence-corrected chi connectivity index (χ0v) is 18.4. The van der Waals surface area contributed by atoms with E-state index in [4.69, 9.17) is 0 Å². The summed E-state index contributed by atoms with van der Waals surface area (Å²) in [5.74, 6) is -0.616. The van der Waals surface area contributed by atoms with Crippen LogP contribution >= 0.6 is 0 Å². The van der Waals surface area contributed by atoms with Gasteiger partial charge in [0.25, 0.3) is 0 Å². The molecule has 0 spiro atoms. The van der Waals surface area contributed by atoms with Crippen LogP contribution in [0.15, 0.2) is 24.3 Å². The topological polar surface area (TPSA) is 73.9 Å². The van der Waals surface area contributed by atoms with Gasteiger partial charge in [0.15, 0.2) is 0 Å². The average molecular weight is 444 g/mol. The smallest absolute Gasteiger partial charge is 0.406 e. The lowest BCUT2D eigenvalue weighted by molar-refractivity contribution is -0.274. The van der Waals surface area contributed by atoms with Gasteiger partial charge in [-0.3, -0.25) is 19.4 Å². The minimum Gasteiger partial charge on any atom is -0.406 e. The molecule has 31 heavy (non-hydrogen) atoms. The molecule has 0 saturated carbocycles. The van der Waals surface area contributed by atoms with Gasteiger partial charge in [0.1, 0.15) is 5.75 Å². The number of nitrogens with zero attached hydrogens (tertiary/aromatic N) is 2. The Bertz CT molecular complexity index is 748. The fraction of sp³-hybridized carbons (Fsp3) is 0.619. The van der Waals surface area contributed by atoms with Crippen molar-refractivity contribution >= 4 is 17.5 Å². The molecule has 1 fully saturated rings. The molecule has 0 aromatic heterocycles. The van der Waals surface area contributed by atoms with Crippen LogP contribution in [0, 0.1) is 0 Å². The Kier molecular flexibility index (Phi) is 8.30. The minimum atomic E-state index is -4.76. The summed E-state index contributed by atoms with van der Waals surface area (Å²) in [6.07, 6.45) is -3.93. The van der Waals surface area contributed by atoms with E-state index < -0.39 is 12.4 Å². The molecule has 1 aliphatic rings. The van der Waals surface area contributed by atoms with Crippen LogP contribution in [0.25, 0.3) is 0 Å². The number of alkyl halides is 3. The quantitative estimate of drug-likeness (QED) is 0.706. The lowest BCUT2D eigenvalue weighted by Crippen LogP contribution is -2.47. The Morgan fingerprint density at radius 2 is 1.71 bits per heavy atom. The Morgan fingerprint density at radius 3 is 2.29 bits per heavy atom. The number of carbonyl (C=O) groups is 2. The average Bonchev–Trinajstić information content (AvgIpc) is 2.85. The zero-order valence-electron chi connectivity index (χ0n) is 18.4. The third-order valence-corrected chi connectivity index (χ3v) is 4.79. The number of rotatable bonds is 6. The SMILES string of the molecule is C[C@@H](C(=O)Nc1ccc(OC(F)(F)F)cc1)N1CCCN(CC(=O)NC(C)(C)C)CC1. The van der Waals surface area contributed by atoms with E-state index in [1.807, 2.05) is 25.7 Å². The Morgan fingerprint density at radius 1 is 1.06 bits per heavy atom. The van der Waals surface area contributed by atoms with E-state index in [1.54, 1.807) is 6.92 Å². The van der Waals surface area contributed by atoms with Crippen molar-refractivity contribution in [2.24, 2.45) is 0 Å². The van der Waals surface area contributed by atoms with Crippen LogP contribution in [0.4, 0.5) is 18.9 Å². The molecule has 0 unspecified atom stereocenters. The van der Waals surface area contributed by atoms with Gasteiger partial charge >= 0.3 is 6.36 Å². The Balaban J connectivity index is 1.85. The first kappa shape index (κ1) is 24.9. The minimum absolute atomic E-state index is 0.0234. The van der Waals surface area contributed by atoms with Crippen LogP contribution in [0.2, 0.25) is 0 Å². The van der Waals surface area contributed by atoms with Crippen LogP contribution in [-0.2, 0) is 9.59 Å². The molecule has 0 radical (unpaired) electrons. The van der Waals surface area contributed by atoms with Crippen LogP contribution < -0.4 is 15.4 Å². The van der Waals surface area contributed by atoms with Gasteiger partial charge in [-0.05, 0) is 64.9 Å². The Hall–Kier alpha value is -2.33. The van der Waals surface area contributed by atoms with Gasteiger partial charge < -0.3 is 15.4 Å². The molecule has 1 aromatic carbocycles. The number of anilines is 1. The number of hydrogen-bond donors (Lipinski definition) is 2. The first-order chi connectivity index (χ1) is 14.3. The van der Waals surface area contributed by atoms with Gasteiger partial charge in [-0.25, -0.2) is 0 Å². The number of halogens is 3. The summed E-state index contributed by atoms with van der Waals surface area (Å²) in [6, 6.07) is 4.61. The summed E-state index contributed by atoms with van der Waals surface area (Å²) >= 11 is 0. The van der Waals surface area contributed by atoms with Crippen LogP contribution in [-0.4, -0.2) is 72.3 Å². The summed E-state index contributed by atoms with van der Waals surface area (Å²) in [6.45, 7) is 10.7. The van der Waals surface area contributed by atoms with Crippen molar-refractivity contribution in [3.8, 4) is 5.75 Å². The summed E-state index contributed by atoms with van der Waals surface area (Å²) in [5.41, 5.74) is 0.111. The van der Waals surface area contributed by atoms with Crippen molar-refractivity contribution in [1.82, 2.24) is 15.1 Å². The second-order valence-electron chi connectivity index (χ2n) is 8.70. The summed E-state index contributed by atoms with van der Waals surface area (Å²) in [5, 5.41) is 5.68. The molecule has 1 heterocycles. The normalized spacial score (nSPS) is 17.5. The molecule has 7 nitrogen and oxygen atoms in total. The molecule has 2 rings (SSSR count). The van der Waals surface area contributed by atoms with Crippen molar-refractivity contribution in [1.29, 1.82) is 0 Å². The third-order valence-electron chi connectivity index (χ3n) is 4.79. The fourth-order valence-corrected chi connectivity index (χ4v) is 3.35. The van der Waals surface area contributed by atoms with Crippen molar-refractivity contribution in [3.05, 3.63) is 24.3 Å². The number of hydrogen-bond acceptors (Lipinski definition) is 5. The summed E-state index contributed by atoms with van der Waals surface area (Å²) < 4.78 is 40.6. The summed E-state index contributed by atoms with van der Waals surface area (Å²) in [7, 11) is 0. The van der Waals surface area contributed by atoms with Gasteiger partial charge in [-0.15, -0.1) is 13.2 Å². The molecule has 1 aromatic rings. The fourth-order valence-electron chi connectivity index (χ4n) is 3.35. The first-order valence-electron chi connectivity index (χ1n) is 10.3. The highest BCUT2D eigenvalue weighted by Crippen LogP contribution is 2.24. The third kappa shape index (κ3) is 9.14. The molecule has 1 aliphatic heterocycles. The molecule has 10 heteroatoms. The second kappa shape index (κ2) is 10.3. The molecule has 2 amide bonds. The number of nitrogens with one attached hydrogen (secondary N) is 2. The van der Waals surface area contributed by atoms with E-state index in [1.165, 1.54) is 12.1 Å². The molecule has 1 saturated heterocycles. The van der Waals surface area contributed by atoms with E-state index in [2.05, 4.69) is 20.3 Å². The standard InChI is InChI=1S/C21H31F3N4O3/c1-15(19(30)25-16-6-8-17(9-7-16)31-21(22,23)24)28-11-5-10-27(12-13-28)14-18(29)26-20(2,3)4/h6-9,15H,5,10-14H2,1-4H3,(H,25,30)(H,26,29)/t15-/m0/s1. The maximum atomic E-state index is 12.6. The van der Waals surface area contributed by atoms with E-state index in [0.29, 0.717) is 31.9 Å². The zero-order chi connectivity index (χ0) is 23.2. The number of carbonyl (C=O) groups excluding carboxylic acids is 2. The Labute approximate surface area is 180 Å². The van der Waals surface area contributed by atoms with Gasteiger partial charge in [0.2, 0.25) is 11.8 Å². The molecule has 0 bridgehead atoms. The highest BCUT2D eigenvalue weighted by atomic mass is 19.4. The van der Waals surface area contributed by atoms with Crippen molar-refractivity contribution < 1.29 is 27.5 Å².